The average Bonchev–Trinajstić information content (AvgIpc) is 2.91. The molecular formula is C14H16N2OS2. The minimum absolute atomic E-state index is 0.0271. The van der Waals surface area contributed by atoms with Crippen molar-refractivity contribution in [1.29, 1.82) is 0 Å². The first kappa shape index (κ1) is 14.0. The van der Waals surface area contributed by atoms with Crippen LogP contribution in [0.1, 0.15) is 10.4 Å². The van der Waals surface area contributed by atoms with Gasteiger partial charge in [-0.3, -0.25) is 4.79 Å². The molecule has 0 saturated heterocycles. The van der Waals surface area contributed by atoms with Crippen LogP contribution < -0.4 is 11.1 Å². The highest BCUT2D eigenvalue weighted by Crippen LogP contribution is 2.27. The summed E-state index contributed by atoms with van der Waals surface area (Å²) in [6.07, 6.45) is 0. The first-order valence-corrected chi connectivity index (χ1v) is 7.80. The van der Waals surface area contributed by atoms with Crippen LogP contribution in [0.5, 0.6) is 0 Å². The summed E-state index contributed by atoms with van der Waals surface area (Å²) in [6.45, 7) is 2.57. The molecule has 100 valence electrons. The summed E-state index contributed by atoms with van der Waals surface area (Å²) >= 11 is 3.12. The van der Waals surface area contributed by atoms with Gasteiger partial charge in [-0.2, -0.15) is 0 Å². The predicted molar refractivity (Wildman–Crippen MR) is 82.5 cm³/mol. The fraction of sp³-hybridized carbons (Fsp3) is 0.214. The fourth-order valence-corrected chi connectivity index (χ4v) is 3.10. The summed E-state index contributed by atoms with van der Waals surface area (Å²) in [5.41, 5.74) is 7.78. The van der Waals surface area contributed by atoms with E-state index in [4.69, 9.17) is 5.73 Å². The van der Waals surface area contributed by atoms with E-state index in [0.717, 1.165) is 21.0 Å². The van der Waals surface area contributed by atoms with Crippen molar-refractivity contribution in [3.05, 3.63) is 46.2 Å². The molecule has 1 aromatic heterocycles. The molecule has 2 aromatic rings. The number of hydrogen-bond acceptors (Lipinski definition) is 4. The standard InChI is InChI=1S/C14H16N2OS2/c1-10-4-2-6-12(14(10)15)19-9-13(17)16-8-11-5-3-7-18-11/h2-7H,8-9,15H2,1H3,(H,16,17). The van der Waals surface area contributed by atoms with Gasteiger partial charge in [0.2, 0.25) is 5.91 Å². The molecule has 0 fully saturated rings. The highest BCUT2D eigenvalue weighted by Gasteiger charge is 2.06. The number of nitrogens with one attached hydrogen (secondary N) is 1. The van der Waals surface area contributed by atoms with Gasteiger partial charge in [0.25, 0.3) is 0 Å². The lowest BCUT2D eigenvalue weighted by Gasteiger charge is -2.08. The quantitative estimate of drug-likeness (QED) is 0.658. The van der Waals surface area contributed by atoms with Crippen LogP contribution in [0.2, 0.25) is 0 Å². The van der Waals surface area contributed by atoms with Gasteiger partial charge >= 0.3 is 0 Å². The number of para-hydroxylation sites is 1. The van der Waals surface area contributed by atoms with Crippen LogP contribution in [0.15, 0.2) is 40.6 Å². The van der Waals surface area contributed by atoms with Crippen molar-refractivity contribution in [1.82, 2.24) is 5.32 Å². The van der Waals surface area contributed by atoms with E-state index >= 15 is 0 Å². The Bertz CT molecular complexity index is 553. The van der Waals surface area contributed by atoms with Gasteiger partial charge in [-0.25, -0.2) is 0 Å². The molecule has 19 heavy (non-hydrogen) atoms. The molecule has 3 N–H and O–H groups in total. The van der Waals surface area contributed by atoms with Crippen molar-refractivity contribution >= 4 is 34.7 Å². The Morgan fingerprint density at radius 3 is 2.95 bits per heavy atom. The van der Waals surface area contributed by atoms with E-state index in [-0.39, 0.29) is 5.91 Å². The van der Waals surface area contributed by atoms with E-state index in [9.17, 15) is 4.79 Å². The van der Waals surface area contributed by atoms with E-state index in [0.29, 0.717) is 12.3 Å². The van der Waals surface area contributed by atoms with E-state index in [1.54, 1.807) is 11.3 Å². The van der Waals surface area contributed by atoms with E-state index in [1.807, 2.05) is 42.6 Å². The van der Waals surface area contributed by atoms with Crippen molar-refractivity contribution in [3.8, 4) is 0 Å². The monoisotopic (exact) mass is 292 g/mol. The molecule has 0 atom stereocenters. The van der Waals surface area contributed by atoms with Crippen LogP contribution >= 0.6 is 23.1 Å². The number of hydrogen-bond donors (Lipinski definition) is 2. The second-order valence-corrected chi connectivity index (χ2v) is 6.18. The van der Waals surface area contributed by atoms with Gasteiger partial charge in [-0.15, -0.1) is 23.1 Å². The van der Waals surface area contributed by atoms with Crippen molar-refractivity contribution in [2.75, 3.05) is 11.5 Å². The van der Waals surface area contributed by atoms with Crippen LogP contribution in [-0.4, -0.2) is 11.7 Å². The number of amides is 1. The Labute approximate surface area is 121 Å². The summed E-state index contributed by atoms with van der Waals surface area (Å²) in [4.78, 5) is 13.9. The number of anilines is 1. The topological polar surface area (TPSA) is 55.1 Å². The number of benzene rings is 1. The van der Waals surface area contributed by atoms with Crippen LogP contribution in [0.25, 0.3) is 0 Å². The molecule has 0 radical (unpaired) electrons. The number of thioether (sulfide) groups is 1. The molecule has 3 nitrogen and oxygen atoms in total. The maximum absolute atomic E-state index is 11.7. The highest BCUT2D eigenvalue weighted by molar-refractivity contribution is 8.00. The third kappa shape index (κ3) is 4.01. The predicted octanol–water partition coefficient (Wildman–Crippen LogP) is 3.05. The maximum atomic E-state index is 11.7. The van der Waals surface area contributed by atoms with Crippen LogP contribution in [0.4, 0.5) is 5.69 Å². The van der Waals surface area contributed by atoms with Crippen LogP contribution in [-0.2, 0) is 11.3 Å². The number of nitrogens with two attached hydrogens (primary N) is 1. The molecular weight excluding hydrogens is 276 g/mol. The minimum atomic E-state index is 0.0271. The number of thiophene rings is 1. The van der Waals surface area contributed by atoms with Gasteiger partial charge in [-0.1, -0.05) is 18.2 Å². The van der Waals surface area contributed by atoms with Gasteiger partial charge < -0.3 is 11.1 Å². The zero-order valence-corrected chi connectivity index (χ0v) is 12.3. The number of nitrogen functional groups attached to an aromatic ring is 1. The van der Waals surface area contributed by atoms with Crippen molar-refractivity contribution < 1.29 is 4.79 Å². The molecule has 0 aliphatic rings. The third-order valence-corrected chi connectivity index (χ3v) is 4.63. The number of carbonyl (C=O) groups is 1. The second-order valence-electron chi connectivity index (χ2n) is 4.13. The van der Waals surface area contributed by atoms with Crippen LogP contribution in [0, 0.1) is 6.92 Å². The third-order valence-electron chi connectivity index (χ3n) is 2.68. The van der Waals surface area contributed by atoms with E-state index in [2.05, 4.69) is 5.32 Å². The molecule has 1 amide bonds. The average molecular weight is 292 g/mol. The molecule has 1 heterocycles. The molecule has 0 aliphatic heterocycles. The fourth-order valence-electron chi connectivity index (χ4n) is 1.57. The second kappa shape index (κ2) is 6.63. The van der Waals surface area contributed by atoms with E-state index in [1.165, 1.54) is 11.8 Å². The highest BCUT2D eigenvalue weighted by atomic mass is 32.2. The molecule has 0 saturated carbocycles. The first-order valence-electron chi connectivity index (χ1n) is 5.94. The zero-order chi connectivity index (χ0) is 13.7. The molecule has 0 aliphatic carbocycles. The molecule has 2 rings (SSSR count). The van der Waals surface area contributed by atoms with E-state index < -0.39 is 0 Å². The Morgan fingerprint density at radius 1 is 1.37 bits per heavy atom. The molecule has 5 heteroatoms. The normalized spacial score (nSPS) is 10.4. The molecule has 1 aromatic carbocycles. The Hall–Kier alpha value is -1.46. The Morgan fingerprint density at radius 2 is 2.21 bits per heavy atom. The SMILES string of the molecule is Cc1cccc(SCC(=O)NCc2cccs2)c1N. The number of rotatable bonds is 5. The summed E-state index contributed by atoms with van der Waals surface area (Å²) < 4.78 is 0. The van der Waals surface area contributed by atoms with Gasteiger partial charge in [0.15, 0.2) is 0 Å². The zero-order valence-electron chi connectivity index (χ0n) is 10.7. The maximum Gasteiger partial charge on any atom is 0.230 e. The van der Waals surface area contributed by atoms with Gasteiger partial charge in [0.1, 0.15) is 0 Å². The van der Waals surface area contributed by atoms with Gasteiger partial charge in [0, 0.05) is 15.5 Å². The van der Waals surface area contributed by atoms with Crippen molar-refractivity contribution in [2.24, 2.45) is 0 Å². The molecule has 0 spiro atoms. The lowest BCUT2D eigenvalue weighted by atomic mass is 10.2. The first-order chi connectivity index (χ1) is 9.16. The molecule has 0 unspecified atom stereocenters. The summed E-state index contributed by atoms with van der Waals surface area (Å²) in [5, 5.41) is 4.90. The molecule has 0 bridgehead atoms. The van der Waals surface area contributed by atoms with Gasteiger partial charge in [-0.05, 0) is 30.0 Å². The summed E-state index contributed by atoms with van der Waals surface area (Å²) in [7, 11) is 0. The lowest BCUT2D eigenvalue weighted by molar-refractivity contribution is -0.118. The van der Waals surface area contributed by atoms with Gasteiger partial charge in [0.05, 0.1) is 12.3 Å². The van der Waals surface area contributed by atoms with Crippen molar-refractivity contribution in [2.45, 2.75) is 18.4 Å². The summed E-state index contributed by atoms with van der Waals surface area (Å²) in [5.74, 6) is 0.415. The van der Waals surface area contributed by atoms with Crippen molar-refractivity contribution in [3.63, 3.8) is 0 Å². The van der Waals surface area contributed by atoms with Crippen LogP contribution in [0.3, 0.4) is 0 Å². The number of aryl methyl sites for hydroxylation is 1. The largest absolute Gasteiger partial charge is 0.398 e. The smallest absolute Gasteiger partial charge is 0.230 e. The minimum Gasteiger partial charge on any atom is -0.398 e. The Balaban J connectivity index is 1.81. The number of carbonyl (C=O) groups excluding carboxylic acids is 1. The Kier molecular flexibility index (Phi) is 4.87. The summed E-state index contributed by atoms with van der Waals surface area (Å²) in [6, 6.07) is 9.86. The lowest BCUT2D eigenvalue weighted by Crippen LogP contribution is -2.24.